The summed E-state index contributed by atoms with van der Waals surface area (Å²) in [4.78, 5) is 13.3. The zero-order chi connectivity index (χ0) is 18.7. The van der Waals surface area contributed by atoms with Crippen molar-refractivity contribution in [2.75, 3.05) is 6.54 Å². The van der Waals surface area contributed by atoms with E-state index in [1.165, 1.54) is 0 Å². The first-order valence-electron chi connectivity index (χ1n) is 8.20. The van der Waals surface area contributed by atoms with E-state index in [0.29, 0.717) is 24.0 Å². The van der Waals surface area contributed by atoms with Crippen LogP contribution in [0.3, 0.4) is 0 Å². The number of nitrogens with two attached hydrogens (primary N) is 1. The number of carbonyl (C=O) groups is 1. The van der Waals surface area contributed by atoms with Crippen molar-refractivity contribution in [1.29, 1.82) is 0 Å². The number of hydrogen-bond acceptors (Lipinski definition) is 4. The number of carbonyl (C=O) groups excluding carboxylic acids is 1. The van der Waals surface area contributed by atoms with Gasteiger partial charge in [-0.15, -0.1) is 5.11 Å². The summed E-state index contributed by atoms with van der Waals surface area (Å²) in [7, 11) is 0. The van der Waals surface area contributed by atoms with Gasteiger partial charge >= 0.3 is 6.03 Å². The molecule has 1 aromatic heterocycles. The Balaban J connectivity index is 2.46. The molecule has 0 atom stereocenters. The van der Waals surface area contributed by atoms with Gasteiger partial charge in [-0.2, -0.15) is 0 Å². The van der Waals surface area contributed by atoms with Gasteiger partial charge in [0, 0.05) is 35.0 Å². The summed E-state index contributed by atoms with van der Waals surface area (Å²) in [6, 6.07) is 5.53. The highest BCUT2D eigenvalue weighted by Crippen LogP contribution is 2.40. The van der Waals surface area contributed by atoms with E-state index in [0.717, 1.165) is 16.5 Å². The van der Waals surface area contributed by atoms with Crippen molar-refractivity contribution in [3.63, 3.8) is 0 Å². The Morgan fingerprint density at radius 3 is 2.52 bits per heavy atom. The summed E-state index contributed by atoms with van der Waals surface area (Å²) in [5.41, 5.74) is 6.10. The molecule has 0 fully saturated rings. The van der Waals surface area contributed by atoms with Crippen LogP contribution in [0.15, 0.2) is 32.9 Å². The van der Waals surface area contributed by atoms with Crippen LogP contribution < -0.4 is 5.73 Å². The number of benzene rings is 1. The van der Waals surface area contributed by atoms with Crippen LogP contribution in [0.4, 0.5) is 10.5 Å². The first kappa shape index (κ1) is 19.4. The Bertz CT molecular complexity index is 790. The molecule has 8 heteroatoms. The zero-order valence-electron chi connectivity index (χ0n) is 14.9. The van der Waals surface area contributed by atoms with Crippen molar-refractivity contribution in [2.24, 2.45) is 16.0 Å². The molecule has 2 aromatic rings. The molecule has 0 saturated carbocycles. The molecule has 0 unspecified atom stereocenters. The lowest BCUT2D eigenvalue weighted by molar-refractivity contribution is 0.167. The lowest BCUT2D eigenvalue weighted by Crippen LogP contribution is -2.39. The summed E-state index contributed by atoms with van der Waals surface area (Å²) in [6.07, 6.45) is 0. The molecule has 2 amide bonds. The summed E-state index contributed by atoms with van der Waals surface area (Å²) in [5, 5.41) is 18.5. The SMILES string of the molecule is CC(C)N(CCn1c(O)c(N=NC(N)=O)c2cc(Br)ccc21)C(C)C. The van der Waals surface area contributed by atoms with Crippen LogP contribution in [0.1, 0.15) is 27.7 Å². The highest BCUT2D eigenvalue weighted by molar-refractivity contribution is 9.10. The number of nitrogens with zero attached hydrogens (tertiary/aromatic N) is 4. The van der Waals surface area contributed by atoms with Crippen molar-refractivity contribution < 1.29 is 9.90 Å². The number of urea groups is 1. The van der Waals surface area contributed by atoms with Crippen LogP contribution >= 0.6 is 15.9 Å². The predicted octanol–water partition coefficient (Wildman–Crippen LogP) is 4.39. The third kappa shape index (κ3) is 4.38. The fraction of sp³-hybridized carbons (Fsp3) is 0.471. The minimum absolute atomic E-state index is 0.0226. The summed E-state index contributed by atoms with van der Waals surface area (Å²) in [6.45, 7) is 9.96. The fourth-order valence-corrected chi connectivity index (χ4v) is 3.41. The summed E-state index contributed by atoms with van der Waals surface area (Å²) < 4.78 is 2.63. The Kier molecular flexibility index (Phi) is 6.18. The van der Waals surface area contributed by atoms with Gasteiger partial charge in [0.1, 0.15) is 0 Å². The molecule has 0 saturated heterocycles. The average Bonchev–Trinajstić information content (AvgIpc) is 2.76. The van der Waals surface area contributed by atoms with Gasteiger partial charge in [-0.3, -0.25) is 4.90 Å². The lowest BCUT2D eigenvalue weighted by Gasteiger charge is -2.30. The fourth-order valence-electron chi connectivity index (χ4n) is 3.05. The number of aromatic hydroxyl groups is 1. The molecule has 0 aliphatic heterocycles. The van der Waals surface area contributed by atoms with E-state index in [4.69, 9.17) is 5.73 Å². The van der Waals surface area contributed by atoms with Crippen LogP contribution in [0.25, 0.3) is 10.9 Å². The molecule has 0 spiro atoms. The maximum atomic E-state index is 10.9. The average molecular weight is 410 g/mol. The Labute approximate surface area is 155 Å². The predicted molar refractivity (Wildman–Crippen MR) is 102 cm³/mol. The van der Waals surface area contributed by atoms with Gasteiger partial charge in [-0.25, -0.2) is 4.79 Å². The van der Waals surface area contributed by atoms with E-state index in [1.54, 1.807) is 4.57 Å². The maximum Gasteiger partial charge on any atom is 0.356 e. The highest BCUT2D eigenvalue weighted by Gasteiger charge is 2.19. The van der Waals surface area contributed by atoms with E-state index in [-0.39, 0.29) is 11.6 Å². The zero-order valence-corrected chi connectivity index (χ0v) is 16.5. The van der Waals surface area contributed by atoms with Gasteiger partial charge < -0.3 is 15.4 Å². The molecule has 0 radical (unpaired) electrons. The smallest absolute Gasteiger partial charge is 0.356 e. The van der Waals surface area contributed by atoms with E-state index in [9.17, 15) is 9.90 Å². The second kappa shape index (κ2) is 7.97. The van der Waals surface area contributed by atoms with Crippen molar-refractivity contribution >= 4 is 38.6 Å². The lowest BCUT2D eigenvalue weighted by atomic mass is 10.2. The van der Waals surface area contributed by atoms with Crippen molar-refractivity contribution in [2.45, 2.75) is 46.3 Å². The quantitative estimate of drug-likeness (QED) is 0.692. The third-order valence-corrected chi connectivity index (χ3v) is 4.62. The van der Waals surface area contributed by atoms with Gasteiger partial charge in [0.2, 0.25) is 5.88 Å². The van der Waals surface area contributed by atoms with Gasteiger partial charge in [0.15, 0.2) is 5.69 Å². The Hall–Kier alpha value is -1.93. The number of amides is 2. The molecule has 0 aliphatic carbocycles. The largest absolute Gasteiger partial charge is 0.493 e. The second-order valence-corrected chi connectivity index (χ2v) is 7.36. The highest BCUT2D eigenvalue weighted by atomic mass is 79.9. The Morgan fingerprint density at radius 1 is 1.32 bits per heavy atom. The molecule has 1 aromatic carbocycles. The van der Waals surface area contributed by atoms with E-state index in [1.807, 2.05) is 18.2 Å². The van der Waals surface area contributed by atoms with Gasteiger partial charge in [-0.05, 0) is 45.9 Å². The van der Waals surface area contributed by atoms with Crippen LogP contribution in [-0.2, 0) is 6.54 Å². The molecule has 25 heavy (non-hydrogen) atoms. The monoisotopic (exact) mass is 409 g/mol. The topological polar surface area (TPSA) is 96.2 Å². The first-order valence-corrected chi connectivity index (χ1v) is 8.99. The normalized spacial score (nSPS) is 12.3. The number of rotatable bonds is 6. The van der Waals surface area contributed by atoms with E-state index >= 15 is 0 Å². The van der Waals surface area contributed by atoms with Crippen LogP contribution in [0.2, 0.25) is 0 Å². The van der Waals surface area contributed by atoms with Crippen molar-refractivity contribution in [3.05, 3.63) is 22.7 Å². The number of fused-ring (bicyclic) bond motifs is 1. The molecule has 3 N–H and O–H groups in total. The summed E-state index contributed by atoms with van der Waals surface area (Å²) in [5.74, 6) is -0.0226. The first-order chi connectivity index (χ1) is 11.7. The second-order valence-electron chi connectivity index (χ2n) is 6.45. The molecule has 136 valence electrons. The van der Waals surface area contributed by atoms with Crippen LogP contribution in [-0.4, -0.2) is 39.2 Å². The number of halogens is 1. The molecular formula is C17H24BrN5O2. The molecule has 7 nitrogen and oxygen atoms in total. The van der Waals surface area contributed by atoms with Crippen LogP contribution in [0.5, 0.6) is 5.88 Å². The summed E-state index contributed by atoms with van der Waals surface area (Å²) >= 11 is 3.42. The van der Waals surface area contributed by atoms with Crippen molar-refractivity contribution in [1.82, 2.24) is 9.47 Å². The van der Waals surface area contributed by atoms with Gasteiger partial charge in [0.25, 0.3) is 0 Å². The van der Waals surface area contributed by atoms with Gasteiger partial charge in [-0.1, -0.05) is 21.0 Å². The molecule has 0 bridgehead atoms. The molecule has 2 rings (SSSR count). The van der Waals surface area contributed by atoms with E-state index < -0.39 is 6.03 Å². The Morgan fingerprint density at radius 2 is 1.96 bits per heavy atom. The minimum Gasteiger partial charge on any atom is -0.493 e. The number of azo groups is 1. The van der Waals surface area contributed by atoms with Gasteiger partial charge in [0.05, 0.1) is 5.52 Å². The standard InChI is InChI=1S/C17H24BrN5O2/c1-10(2)22(11(3)4)7-8-23-14-6-5-12(18)9-13(14)15(16(23)24)20-21-17(19)25/h5-6,9-11,24H,7-8H2,1-4H3,(H2,19,25). The number of hydrogen-bond donors (Lipinski definition) is 2. The number of aromatic nitrogens is 1. The third-order valence-electron chi connectivity index (χ3n) is 4.13. The maximum absolute atomic E-state index is 10.9. The molecule has 0 aliphatic rings. The van der Waals surface area contributed by atoms with Crippen molar-refractivity contribution in [3.8, 4) is 5.88 Å². The molecular weight excluding hydrogens is 386 g/mol. The van der Waals surface area contributed by atoms with Crippen LogP contribution in [0, 0.1) is 0 Å². The molecule has 1 heterocycles. The van der Waals surface area contributed by atoms with E-state index in [2.05, 4.69) is 58.8 Å². The number of primary amides is 1. The minimum atomic E-state index is -0.902.